The minimum Gasteiger partial charge on any atom is -0.344 e. The molecule has 0 aromatic heterocycles. The molecule has 6 nitrogen and oxygen atoms in total. The highest BCUT2D eigenvalue weighted by molar-refractivity contribution is 7.57. The van der Waals surface area contributed by atoms with Crippen LogP contribution in [-0.2, 0) is 9.36 Å². The van der Waals surface area contributed by atoms with Gasteiger partial charge in [-0.25, -0.2) is 5.06 Å². The number of rotatable bonds is 7. The molecule has 0 saturated carbocycles. The Morgan fingerprint density at radius 1 is 1.44 bits per heavy atom. The summed E-state index contributed by atoms with van der Waals surface area (Å²) in [5, 5.41) is 11.6. The van der Waals surface area contributed by atoms with E-state index in [1.54, 1.807) is 0 Å². The molecule has 0 fully saturated rings. The van der Waals surface area contributed by atoms with Crippen LogP contribution in [0, 0.1) is 0 Å². The van der Waals surface area contributed by atoms with Crippen LogP contribution in [0.1, 0.15) is 19.3 Å². The zero-order valence-corrected chi connectivity index (χ0v) is 10.7. The second kappa shape index (κ2) is 7.08. The summed E-state index contributed by atoms with van der Waals surface area (Å²) in [6.07, 6.45) is -6.59. The molecule has 0 aromatic rings. The summed E-state index contributed by atoms with van der Waals surface area (Å²) < 4.78 is 46.2. The average Bonchev–Trinajstić information content (AvgIpc) is 2.13. The highest BCUT2D eigenvalue weighted by Gasteiger charge is 2.27. The van der Waals surface area contributed by atoms with Gasteiger partial charge in [0.1, 0.15) is 0 Å². The first-order valence-electron chi connectivity index (χ1n) is 5.07. The van der Waals surface area contributed by atoms with Crippen LogP contribution in [0.5, 0.6) is 0 Å². The molecule has 0 bridgehead atoms. The van der Waals surface area contributed by atoms with Crippen molar-refractivity contribution in [3.05, 3.63) is 0 Å². The van der Waals surface area contributed by atoms with Gasteiger partial charge in [-0.15, -0.1) is 0 Å². The molecule has 18 heavy (non-hydrogen) atoms. The van der Waals surface area contributed by atoms with Crippen molar-refractivity contribution < 1.29 is 32.6 Å². The van der Waals surface area contributed by atoms with Gasteiger partial charge in [0.15, 0.2) is 0 Å². The van der Waals surface area contributed by atoms with Crippen molar-refractivity contribution in [2.75, 3.05) is 19.6 Å². The second-order valence-corrected chi connectivity index (χ2v) is 6.30. The van der Waals surface area contributed by atoms with Crippen LogP contribution in [0.2, 0.25) is 0 Å². The van der Waals surface area contributed by atoms with E-state index >= 15 is 0 Å². The first kappa shape index (κ1) is 17.4. The van der Waals surface area contributed by atoms with Gasteiger partial charge in [0.2, 0.25) is 13.3 Å². The predicted octanol–water partition coefficient (Wildman–Crippen LogP) is 1.34. The summed E-state index contributed by atoms with van der Waals surface area (Å²) in [4.78, 5) is 20.0. The van der Waals surface area contributed by atoms with Crippen molar-refractivity contribution >= 4 is 13.3 Å². The largest absolute Gasteiger partial charge is 0.389 e. The molecule has 0 spiro atoms. The van der Waals surface area contributed by atoms with Gasteiger partial charge in [0, 0.05) is 19.5 Å². The molecule has 0 aliphatic rings. The number of hydrogen-bond donors (Lipinski definition) is 3. The molecule has 0 heterocycles. The molecule has 10 heteroatoms. The molecule has 0 aliphatic heterocycles. The lowest BCUT2D eigenvalue weighted by Gasteiger charge is -2.16. The topological polar surface area (TPSA) is 89.9 Å². The van der Waals surface area contributed by atoms with Crippen molar-refractivity contribution in [1.29, 1.82) is 0 Å². The molecule has 1 atom stereocenters. The molecule has 0 radical (unpaired) electrons. The SMILES string of the molecule is CP(=O)(O)CNCN(O)C(=O)CCCC(F)(F)F. The Balaban J connectivity index is 3.80. The van der Waals surface area contributed by atoms with Gasteiger partial charge >= 0.3 is 6.18 Å². The fourth-order valence-electron chi connectivity index (χ4n) is 1.02. The zero-order valence-electron chi connectivity index (χ0n) is 9.77. The molecule has 0 rings (SSSR count). The lowest BCUT2D eigenvalue weighted by molar-refractivity contribution is -0.168. The molecule has 108 valence electrons. The fourth-order valence-corrected chi connectivity index (χ4v) is 1.54. The highest BCUT2D eigenvalue weighted by Crippen LogP contribution is 2.32. The van der Waals surface area contributed by atoms with E-state index in [0.29, 0.717) is 0 Å². The van der Waals surface area contributed by atoms with E-state index in [0.717, 1.165) is 6.66 Å². The van der Waals surface area contributed by atoms with Crippen LogP contribution >= 0.6 is 7.37 Å². The molecular weight excluding hydrogens is 276 g/mol. The minimum atomic E-state index is -4.33. The molecule has 1 amide bonds. The van der Waals surface area contributed by atoms with Crippen LogP contribution in [-0.4, -0.2) is 46.9 Å². The highest BCUT2D eigenvalue weighted by atomic mass is 31.2. The molecule has 1 unspecified atom stereocenters. The van der Waals surface area contributed by atoms with E-state index in [4.69, 9.17) is 10.1 Å². The lowest BCUT2D eigenvalue weighted by Crippen LogP contribution is -2.36. The third kappa shape index (κ3) is 10.5. The number of halogens is 3. The second-order valence-electron chi connectivity index (χ2n) is 3.88. The lowest BCUT2D eigenvalue weighted by atomic mass is 10.2. The Morgan fingerprint density at radius 2 is 2.00 bits per heavy atom. The van der Waals surface area contributed by atoms with E-state index in [1.165, 1.54) is 0 Å². The normalized spacial score (nSPS) is 15.2. The van der Waals surface area contributed by atoms with Crippen LogP contribution in [0.25, 0.3) is 0 Å². The molecule has 0 aliphatic carbocycles. The molecular formula is C8H16F3N2O4P. The van der Waals surface area contributed by atoms with Gasteiger partial charge in [-0.3, -0.25) is 19.9 Å². The summed E-state index contributed by atoms with van der Waals surface area (Å²) in [6.45, 7) is 0.677. The number of carbonyl (C=O) groups excluding carboxylic acids is 1. The van der Waals surface area contributed by atoms with E-state index in [2.05, 4.69) is 5.32 Å². The minimum absolute atomic E-state index is 0.187. The van der Waals surface area contributed by atoms with Crippen LogP contribution in [0.15, 0.2) is 0 Å². The maximum absolute atomic E-state index is 11.8. The Hall–Kier alpha value is -0.630. The van der Waals surface area contributed by atoms with Crippen molar-refractivity contribution in [1.82, 2.24) is 10.4 Å². The van der Waals surface area contributed by atoms with Gasteiger partial charge in [-0.05, 0) is 6.42 Å². The van der Waals surface area contributed by atoms with Crippen LogP contribution < -0.4 is 5.32 Å². The molecule has 3 N–H and O–H groups in total. The predicted molar refractivity (Wildman–Crippen MR) is 57.2 cm³/mol. The number of hydrogen-bond acceptors (Lipinski definition) is 4. The summed E-state index contributed by atoms with van der Waals surface area (Å²) in [5.41, 5.74) is 0. The van der Waals surface area contributed by atoms with Gasteiger partial charge in [0.05, 0.1) is 13.0 Å². The third-order valence-corrected chi connectivity index (χ3v) is 2.62. The van der Waals surface area contributed by atoms with E-state index in [9.17, 15) is 22.5 Å². The van der Waals surface area contributed by atoms with Gasteiger partial charge in [0.25, 0.3) is 0 Å². The van der Waals surface area contributed by atoms with E-state index in [-0.39, 0.29) is 11.3 Å². The summed E-state index contributed by atoms with van der Waals surface area (Å²) in [6, 6.07) is 0. The van der Waals surface area contributed by atoms with E-state index in [1.807, 2.05) is 0 Å². The van der Waals surface area contributed by atoms with E-state index < -0.39 is 45.4 Å². The monoisotopic (exact) mass is 292 g/mol. The van der Waals surface area contributed by atoms with Crippen molar-refractivity contribution in [3.63, 3.8) is 0 Å². The summed E-state index contributed by atoms with van der Waals surface area (Å²) >= 11 is 0. The standard InChI is InChI=1S/C8H16F3N2O4P/c1-18(16,17)6-12-5-13(15)7(14)3-2-4-8(9,10)11/h12,15H,2-6H2,1H3,(H,16,17). The third-order valence-electron chi connectivity index (χ3n) is 1.81. The van der Waals surface area contributed by atoms with Crippen molar-refractivity contribution in [3.8, 4) is 0 Å². The summed E-state index contributed by atoms with van der Waals surface area (Å²) in [5.74, 6) is -0.879. The Bertz CT molecular complexity index is 318. The first-order chi connectivity index (χ1) is 8.01. The maximum atomic E-state index is 11.8. The number of hydroxylamine groups is 2. The van der Waals surface area contributed by atoms with Crippen LogP contribution in [0.3, 0.4) is 0 Å². The number of nitrogens with zero attached hydrogens (tertiary/aromatic N) is 1. The number of carbonyl (C=O) groups is 1. The van der Waals surface area contributed by atoms with Gasteiger partial charge < -0.3 is 4.89 Å². The number of amides is 1. The fraction of sp³-hybridized carbons (Fsp3) is 0.875. The van der Waals surface area contributed by atoms with Crippen molar-refractivity contribution in [2.45, 2.75) is 25.4 Å². The quantitative estimate of drug-likeness (QED) is 0.285. The molecule has 0 aromatic carbocycles. The zero-order chi connectivity index (χ0) is 14.4. The number of alkyl halides is 3. The Kier molecular flexibility index (Phi) is 6.83. The molecule has 0 saturated heterocycles. The Labute approximate surface area is 102 Å². The van der Waals surface area contributed by atoms with Crippen LogP contribution in [0.4, 0.5) is 13.2 Å². The first-order valence-corrected chi connectivity index (χ1v) is 7.36. The maximum Gasteiger partial charge on any atom is 0.389 e. The van der Waals surface area contributed by atoms with Gasteiger partial charge in [-0.1, -0.05) is 0 Å². The smallest absolute Gasteiger partial charge is 0.344 e. The van der Waals surface area contributed by atoms with Crippen molar-refractivity contribution in [2.24, 2.45) is 0 Å². The Morgan fingerprint density at radius 3 is 2.44 bits per heavy atom. The average molecular weight is 292 g/mol. The number of nitrogens with one attached hydrogen (secondary N) is 1. The van der Waals surface area contributed by atoms with Gasteiger partial charge in [-0.2, -0.15) is 13.2 Å². The summed E-state index contributed by atoms with van der Waals surface area (Å²) in [7, 11) is -3.30.